The van der Waals surface area contributed by atoms with E-state index >= 15 is 0 Å². The zero-order valence-corrected chi connectivity index (χ0v) is 10.7. The van der Waals surface area contributed by atoms with Crippen LogP contribution in [0.2, 0.25) is 0 Å². The number of halogens is 7. The molecule has 0 fully saturated rings. The van der Waals surface area contributed by atoms with Gasteiger partial charge in [-0.3, -0.25) is 0 Å². The molecule has 0 heterocycles. The van der Waals surface area contributed by atoms with Crippen LogP contribution in [-0.4, -0.2) is 12.5 Å². The summed E-state index contributed by atoms with van der Waals surface area (Å²) in [5.41, 5.74) is 5.20. The average Bonchev–Trinajstić information content (AvgIpc) is 2.10. The summed E-state index contributed by atoms with van der Waals surface area (Å²) >= 11 is 2.88. The number of hydrogen-bond donors (Lipinski definition) is 1. The summed E-state index contributed by atoms with van der Waals surface area (Å²) in [6.07, 6.45) is -10.8. The van der Waals surface area contributed by atoms with Gasteiger partial charge in [-0.05, 0) is 23.8 Å². The summed E-state index contributed by atoms with van der Waals surface area (Å²) in [4.78, 5) is 0. The third kappa shape index (κ3) is 6.15. The summed E-state index contributed by atoms with van der Waals surface area (Å²) in [5.74, 6) is -0.630. The van der Waals surface area contributed by atoms with E-state index in [1.165, 1.54) is 6.07 Å². The van der Waals surface area contributed by atoms with Crippen molar-refractivity contribution < 1.29 is 31.1 Å². The predicted octanol–water partition coefficient (Wildman–Crippen LogP) is 4.30. The molecule has 2 nitrogen and oxygen atoms in total. The summed E-state index contributed by atoms with van der Waals surface area (Å²) in [7, 11) is 0. The van der Waals surface area contributed by atoms with Crippen molar-refractivity contribution in [1.82, 2.24) is 0 Å². The van der Waals surface area contributed by atoms with Crippen molar-refractivity contribution in [1.29, 1.82) is 0 Å². The quantitative estimate of drug-likeness (QED) is 0.824. The molecule has 0 saturated carbocycles. The van der Waals surface area contributed by atoms with Gasteiger partial charge < -0.3 is 10.5 Å². The molecule has 0 bridgehead atoms. The van der Waals surface area contributed by atoms with Crippen LogP contribution in [0.1, 0.15) is 18.0 Å². The third-order valence-corrected chi connectivity index (χ3v) is 2.46. The highest BCUT2D eigenvalue weighted by Gasteiger charge is 2.33. The normalized spacial score (nSPS) is 14.3. The highest BCUT2D eigenvalue weighted by molar-refractivity contribution is 9.10. The maximum atomic E-state index is 12.2. The van der Waals surface area contributed by atoms with Gasteiger partial charge in [0.1, 0.15) is 5.75 Å². The molecule has 0 amide bonds. The summed E-state index contributed by atoms with van der Waals surface area (Å²) < 4.78 is 76.3. The Balaban J connectivity index is 2.96. The molecule has 1 aromatic carbocycles. The second-order valence-electron chi connectivity index (χ2n) is 3.69. The lowest BCUT2D eigenvalue weighted by atomic mass is 10.0. The van der Waals surface area contributed by atoms with E-state index in [1.807, 2.05) is 0 Å². The first-order valence-corrected chi connectivity index (χ1v) is 5.64. The Bertz CT molecular complexity index is 445. The highest BCUT2D eigenvalue weighted by Crippen LogP contribution is 2.33. The van der Waals surface area contributed by atoms with Crippen molar-refractivity contribution in [3.63, 3.8) is 0 Å². The minimum absolute atomic E-state index is 0.106. The first-order valence-electron chi connectivity index (χ1n) is 4.85. The predicted molar refractivity (Wildman–Crippen MR) is 58.4 cm³/mol. The van der Waals surface area contributed by atoms with Crippen molar-refractivity contribution in [2.75, 3.05) is 0 Å². The highest BCUT2D eigenvalue weighted by atomic mass is 79.9. The lowest BCUT2D eigenvalue weighted by Crippen LogP contribution is -2.21. The van der Waals surface area contributed by atoms with E-state index in [4.69, 9.17) is 5.73 Å². The summed E-state index contributed by atoms with van der Waals surface area (Å²) in [6.45, 7) is 0. The molecular formula is C10H8BrF6NO. The Morgan fingerprint density at radius 3 is 2.16 bits per heavy atom. The topological polar surface area (TPSA) is 35.2 Å². The lowest BCUT2D eigenvalue weighted by molar-refractivity contribution is -0.274. The molecule has 0 radical (unpaired) electrons. The Labute approximate surface area is 112 Å². The standard InChI is InChI=1S/C10H8BrF6NO/c11-6-1-5(8(18)4-9(12,13)14)2-7(3-6)19-10(15,16)17/h1-3,8H,4,18H2/t8-/m0/s1. The second-order valence-corrected chi connectivity index (χ2v) is 4.61. The lowest BCUT2D eigenvalue weighted by Gasteiger charge is -2.16. The molecule has 108 valence electrons. The zero-order chi connectivity index (χ0) is 14.8. The van der Waals surface area contributed by atoms with Gasteiger partial charge in [0.05, 0.1) is 6.42 Å². The molecule has 0 aromatic heterocycles. The minimum Gasteiger partial charge on any atom is -0.406 e. The largest absolute Gasteiger partial charge is 0.573 e. The number of benzene rings is 1. The smallest absolute Gasteiger partial charge is 0.406 e. The Kier molecular flexibility index (Phi) is 4.72. The molecule has 0 aliphatic heterocycles. The van der Waals surface area contributed by atoms with Crippen LogP contribution in [0, 0.1) is 0 Å². The van der Waals surface area contributed by atoms with Crippen molar-refractivity contribution in [2.45, 2.75) is 25.0 Å². The molecule has 0 saturated heterocycles. The molecule has 1 rings (SSSR count). The van der Waals surface area contributed by atoms with Gasteiger partial charge in [-0.25, -0.2) is 0 Å². The first kappa shape index (κ1) is 16.1. The molecule has 0 unspecified atom stereocenters. The average molecular weight is 352 g/mol. The fourth-order valence-corrected chi connectivity index (χ4v) is 1.85. The van der Waals surface area contributed by atoms with Crippen LogP contribution in [0.25, 0.3) is 0 Å². The number of rotatable bonds is 3. The van der Waals surface area contributed by atoms with E-state index in [1.54, 1.807) is 0 Å². The third-order valence-electron chi connectivity index (χ3n) is 2.01. The van der Waals surface area contributed by atoms with Gasteiger partial charge >= 0.3 is 12.5 Å². The SMILES string of the molecule is N[C@@H](CC(F)(F)F)c1cc(Br)cc(OC(F)(F)F)c1. The van der Waals surface area contributed by atoms with Crippen LogP contribution in [0.3, 0.4) is 0 Å². The minimum atomic E-state index is -4.92. The molecule has 2 N–H and O–H groups in total. The second kappa shape index (κ2) is 5.58. The summed E-state index contributed by atoms with van der Waals surface area (Å²) in [6, 6.07) is 1.55. The number of alkyl halides is 6. The van der Waals surface area contributed by atoms with E-state index in [0.29, 0.717) is 0 Å². The molecule has 1 aromatic rings. The van der Waals surface area contributed by atoms with Crippen LogP contribution in [0.4, 0.5) is 26.3 Å². The fraction of sp³-hybridized carbons (Fsp3) is 0.400. The Hall–Kier alpha value is -0.960. The molecule has 0 spiro atoms. The fourth-order valence-electron chi connectivity index (χ4n) is 1.36. The monoisotopic (exact) mass is 351 g/mol. The first-order chi connectivity index (χ1) is 8.46. The van der Waals surface area contributed by atoms with E-state index < -0.39 is 30.8 Å². The van der Waals surface area contributed by atoms with Gasteiger partial charge in [0.15, 0.2) is 0 Å². The van der Waals surface area contributed by atoms with Gasteiger partial charge in [0.2, 0.25) is 0 Å². The van der Waals surface area contributed by atoms with Gasteiger partial charge in [0, 0.05) is 10.5 Å². The molecule has 0 aliphatic carbocycles. The van der Waals surface area contributed by atoms with Crippen molar-refractivity contribution in [2.24, 2.45) is 5.73 Å². The van der Waals surface area contributed by atoms with Gasteiger partial charge in [-0.1, -0.05) is 15.9 Å². The van der Waals surface area contributed by atoms with Crippen LogP contribution in [-0.2, 0) is 0 Å². The maximum Gasteiger partial charge on any atom is 0.573 e. The molecular weight excluding hydrogens is 344 g/mol. The number of hydrogen-bond acceptors (Lipinski definition) is 2. The molecule has 0 aliphatic rings. The van der Waals surface area contributed by atoms with Gasteiger partial charge in [-0.2, -0.15) is 13.2 Å². The van der Waals surface area contributed by atoms with Crippen LogP contribution in [0.5, 0.6) is 5.75 Å². The van der Waals surface area contributed by atoms with E-state index in [-0.39, 0.29) is 10.0 Å². The summed E-state index contributed by atoms with van der Waals surface area (Å²) in [5, 5.41) is 0. The maximum absolute atomic E-state index is 12.2. The van der Waals surface area contributed by atoms with Gasteiger partial charge in [-0.15, -0.1) is 13.2 Å². The Morgan fingerprint density at radius 2 is 1.68 bits per heavy atom. The van der Waals surface area contributed by atoms with Crippen LogP contribution >= 0.6 is 15.9 Å². The van der Waals surface area contributed by atoms with Crippen molar-refractivity contribution >= 4 is 15.9 Å². The van der Waals surface area contributed by atoms with Gasteiger partial charge in [0.25, 0.3) is 0 Å². The zero-order valence-electron chi connectivity index (χ0n) is 9.15. The molecule has 19 heavy (non-hydrogen) atoms. The van der Waals surface area contributed by atoms with Crippen molar-refractivity contribution in [3.8, 4) is 5.75 Å². The van der Waals surface area contributed by atoms with Crippen LogP contribution < -0.4 is 10.5 Å². The Morgan fingerprint density at radius 1 is 1.11 bits per heavy atom. The van der Waals surface area contributed by atoms with E-state index in [0.717, 1.165) is 12.1 Å². The van der Waals surface area contributed by atoms with Crippen molar-refractivity contribution in [3.05, 3.63) is 28.2 Å². The number of ether oxygens (including phenoxy) is 1. The molecule has 1 atom stereocenters. The van der Waals surface area contributed by atoms with E-state index in [2.05, 4.69) is 20.7 Å². The van der Waals surface area contributed by atoms with Crippen LogP contribution in [0.15, 0.2) is 22.7 Å². The molecule has 9 heteroatoms. The van der Waals surface area contributed by atoms with E-state index in [9.17, 15) is 26.3 Å². The number of nitrogens with two attached hydrogens (primary N) is 1.